The maximum absolute atomic E-state index is 6.22. The van der Waals surface area contributed by atoms with Crippen molar-refractivity contribution in [2.45, 2.75) is 51.7 Å². The number of para-hydroxylation sites is 1. The summed E-state index contributed by atoms with van der Waals surface area (Å²) >= 11 is 0. The summed E-state index contributed by atoms with van der Waals surface area (Å²) in [6.07, 6.45) is 3.45. The fraction of sp³-hybridized carbons (Fsp3) is 0.647. The highest BCUT2D eigenvalue weighted by Gasteiger charge is 2.40. The number of hydrogen-bond donors (Lipinski definition) is 1. The average molecular weight is 276 g/mol. The Morgan fingerprint density at radius 2 is 2.10 bits per heavy atom. The lowest BCUT2D eigenvalue weighted by molar-refractivity contribution is -0.0197. The SMILES string of the molecule is CCC1CC(CN)(N(CC)c2ccccc2C)CCO1. The van der Waals surface area contributed by atoms with E-state index in [9.17, 15) is 0 Å². The van der Waals surface area contributed by atoms with E-state index in [1.54, 1.807) is 0 Å². The lowest BCUT2D eigenvalue weighted by Gasteiger charge is -2.49. The number of rotatable bonds is 5. The van der Waals surface area contributed by atoms with Crippen LogP contribution in [0.1, 0.15) is 38.7 Å². The van der Waals surface area contributed by atoms with Gasteiger partial charge in [0.1, 0.15) is 0 Å². The minimum atomic E-state index is 0.0415. The summed E-state index contributed by atoms with van der Waals surface area (Å²) in [5, 5.41) is 0. The van der Waals surface area contributed by atoms with Crippen LogP contribution in [0.3, 0.4) is 0 Å². The number of aryl methyl sites for hydroxylation is 1. The minimum absolute atomic E-state index is 0.0415. The Bertz CT molecular complexity index is 435. The second kappa shape index (κ2) is 6.59. The summed E-state index contributed by atoms with van der Waals surface area (Å²) in [7, 11) is 0. The molecule has 0 spiro atoms. The molecule has 3 nitrogen and oxygen atoms in total. The zero-order valence-corrected chi connectivity index (χ0v) is 13.1. The van der Waals surface area contributed by atoms with Crippen molar-refractivity contribution in [3.63, 3.8) is 0 Å². The van der Waals surface area contributed by atoms with Crippen molar-refractivity contribution in [3.05, 3.63) is 29.8 Å². The second-order valence-corrected chi connectivity index (χ2v) is 5.81. The summed E-state index contributed by atoms with van der Waals surface area (Å²) in [6.45, 7) is 9.09. The van der Waals surface area contributed by atoms with Crippen LogP contribution in [0.5, 0.6) is 0 Å². The number of nitrogens with zero attached hydrogens (tertiary/aromatic N) is 1. The van der Waals surface area contributed by atoms with E-state index in [4.69, 9.17) is 10.5 Å². The highest BCUT2D eigenvalue weighted by atomic mass is 16.5. The smallest absolute Gasteiger partial charge is 0.0595 e. The van der Waals surface area contributed by atoms with Gasteiger partial charge in [0.15, 0.2) is 0 Å². The maximum Gasteiger partial charge on any atom is 0.0595 e. The Labute approximate surface area is 123 Å². The third-order valence-electron chi connectivity index (χ3n) is 4.66. The van der Waals surface area contributed by atoms with Crippen molar-refractivity contribution < 1.29 is 4.74 Å². The van der Waals surface area contributed by atoms with E-state index in [1.165, 1.54) is 11.3 Å². The third-order valence-corrected chi connectivity index (χ3v) is 4.66. The van der Waals surface area contributed by atoms with Gasteiger partial charge in [0.05, 0.1) is 11.6 Å². The van der Waals surface area contributed by atoms with E-state index in [1.807, 2.05) is 0 Å². The van der Waals surface area contributed by atoms with Gasteiger partial charge in [0, 0.05) is 25.4 Å². The summed E-state index contributed by atoms with van der Waals surface area (Å²) in [4.78, 5) is 2.51. The molecule has 1 aliphatic heterocycles. The molecular formula is C17H28N2O. The first-order chi connectivity index (χ1) is 9.66. The summed E-state index contributed by atoms with van der Waals surface area (Å²) < 4.78 is 5.86. The molecular weight excluding hydrogens is 248 g/mol. The molecule has 1 aromatic rings. The summed E-state index contributed by atoms with van der Waals surface area (Å²) in [5.41, 5.74) is 8.90. The van der Waals surface area contributed by atoms with Gasteiger partial charge < -0.3 is 15.4 Å². The summed E-state index contributed by atoms with van der Waals surface area (Å²) in [6, 6.07) is 8.61. The highest BCUT2D eigenvalue weighted by molar-refractivity contribution is 5.55. The van der Waals surface area contributed by atoms with Gasteiger partial charge in [-0.3, -0.25) is 0 Å². The van der Waals surface area contributed by atoms with Crippen molar-refractivity contribution in [1.29, 1.82) is 0 Å². The molecule has 0 saturated carbocycles. The largest absolute Gasteiger partial charge is 0.378 e. The number of hydrogen-bond acceptors (Lipinski definition) is 3. The monoisotopic (exact) mass is 276 g/mol. The molecule has 2 unspecified atom stereocenters. The molecule has 20 heavy (non-hydrogen) atoms. The molecule has 1 fully saturated rings. The van der Waals surface area contributed by atoms with Crippen LogP contribution >= 0.6 is 0 Å². The van der Waals surface area contributed by atoms with Crippen LogP contribution in [0.15, 0.2) is 24.3 Å². The van der Waals surface area contributed by atoms with Gasteiger partial charge >= 0.3 is 0 Å². The normalized spacial score (nSPS) is 26.5. The van der Waals surface area contributed by atoms with Gasteiger partial charge in [-0.1, -0.05) is 25.1 Å². The van der Waals surface area contributed by atoms with Crippen molar-refractivity contribution in [2.75, 3.05) is 24.6 Å². The molecule has 2 rings (SSSR count). The Hall–Kier alpha value is -1.06. The molecule has 0 aromatic heterocycles. The number of likely N-dealkylation sites (N-methyl/N-ethyl adjacent to an activating group) is 1. The molecule has 1 aliphatic rings. The van der Waals surface area contributed by atoms with Crippen molar-refractivity contribution in [2.24, 2.45) is 5.73 Å². The van der Waals surface area contributed by atoms with Crippen LogP contribution in [-0.2, 0) is 4.74 Å². The van der Waals surface area contributed by atoms with Gasteiger partial charge in [-0.2, -0.15) is 0 Å². The van der Waals surface area contributed by atoms with Crippen molar-refractivity contribution >= 4 is 5.69 Å². The molecule has 2 atom stereocenters. The Balaban J connectivity index is 2.34. The van der Waals surface area contributed by atoms with E-state index in [0.717, 1.165) is 32.4 Å². The van der Waals surface area contributed by atoms with E-state index in [-0.39, 0.29) is 5.54 Å². The van der Waals surface area contributed by atoms with Crippen molar-refractivity contribution in [1.82, 2.24) is 0 Å². The van der Waals surface area contributed by atoms with Crippen LogP contribution in [0.2, 0.25) is 0 Å². The fourth-order valence-corrected chi connectivity index (χ4v) is 3.43. The fourth-order valence-electron chi connectivity index (χ4n) is 3.43. The zero-order chi connectivity index (χ0) is 14.6. The Kier molecular flexibility index (Phi) is 5.06. The predicted molar refractivity (Wildman–Crippen MR) is 85.2 cm³/mol. The predicted octanol–water partition coefficient (Wildman–Crippen LogP) is 3.11. The van der Waals surface area contributed by atoms with Gasteiger partial charge in [-0.05, 0) is 44.7 Å². The molecule has 112 valence electrons. The van der Waals surface area contributed by atoms with Gasteiger partial charge in [-0.25, -0.2) is 0 Å². The molecule has 1 heterocycles. The Morgan fingerprint density at radius 1 is 1.35 bits per heavy atom. The molecule has 3 heteroatoms. The average Bonchev–Trinajstić information content (AvgIpc) is 2.50. The third kappa shape index (κ3) is 2.84. The quantitative estimate of drug-likeness (QED) is 0.898. The maximum atomic E-state index is 6.22. The van der Waals surface area contributed by atoms with Crippen LogP contribution < -0.4 is 10.6 Å². The summed E-state index contributed by atoms with van der Waals surface area (Å²) in [5.74, 6) is 0. The highest BCUT2D eigenvalue weighted by Crippen LogP contribution is 2.36. The topological polar surface area (TPSA) is 38.5 Å². The molecule has 1 aromatic carbocycles. The lowest BCUT2D eigenvalue weighted by Crippen LogP contribution is -2.59. The van der Waals surface area contributed by atoms with E-state index < -0.39 is 0 Å². The first kappa shape index (κ1) is 15.3. The molecule has 1 saturated heterocycles. The number of ether oxygens (including phenoxy) is 1. The molecule has 0 amide bonds. The Morgan fingerprint density at radius 3 is 2.70 bits per heavy atom. The van der Waals surface area contributed by atoms with Gasteiger partial charge in [0.2, 0.25) is 0 Å². The second-order valence-electron chi connectivity index (χ2n) is 5.81. The standard InChI is InChI=1S/C17H28N2O/c1-4-15-12-17(13-18,10-11-20-15)19(5-2)16-9-7-6-8-14(16)3/h6-9,15H,4-5,10-13,18H2,1-3H3. The number of anilines is 1. The molecule has 0 radical (unpaired) electrons. The zero-order valence-electron chi connectivity index (χ0n) is 13.1. The van der Waals surface area contributed by atoms with Crippen LogP contribution in [0.25, 0.3) is 0 Å². The lowest BCUT2D eigenvalue weighted by atomic mass is 9.83. The number of benzene rings is 1. The van der Waals surface area contributed by atoms with Gasteiger partial charge in [-0.15, -0.1) is 0 Å². The van der Waals surface area contributed by atoms with E-state index in [0.29, 0.717) is 12.6 Å². The van der Waals surface area contributed by atoms with Crippen LogP contribution in [0.4, 0.5) is 5.69 Å². The van der Waals surface area contributed by atoms with Crippen LogP contribution in [0, 0.1) is 6.92 Å². The number of nitrogens with two attached hydrogens (primary N) is 1. The first-order valence-corrected chi connectivity index (χ1v) is 7.81. The molecule has 0 bridgehead atoms. The van der Waals surface area contributed by atoms with E-state index >= 15 is 0 Å². The van der Waals surface area contributed by atoms with Gasteiger partial charge in [0.25, 0.3) is 0 Å². The molecule has 2 N–H and O–H groups in total. The van der Waals surface area contributed by atoms with E-state index in [2.05, 4.69) is 49.9 Å². The minimum Gasteiger partial charge on any atom is -0.378 e. The first-order valence-electron chi connectivity index (χ1n) is 7.81. The van der Waals surface area contributed by atoms with Crippen LogP contribution in [-0.4, -0.2) is 31.3 Å². The molecule has 0 aliphatic carbocycles. The van der Waals surface area contributed by atoms with Crippen molar-refractivity contribution in [3.8, 4) is 0 Å².